The molecule has 0 aliphatic heterocycles. The summed E-state index contributed by atoms with van der Waals surface area (Å²) < 4.78 is 1.19. The lowest BCUT2D eigenvalue weighted by atomic mass is 9.77. The van der Waals surface area contributed by atoms with Gasteiger partial charge in [0.15, 0.2) is 0 Å². The Labute approximate surface area is 123 Å². The molecule has 1 saturated carbocycles. The number of rotatable bonds is 3. The molecule has 0 aromatic heterocycles. The van der Waals surface area contributed by atoms with Crippen LogP contribution in [0.2, 0.25) is 0 Å². The summed E-state index contributed by atoms with van der Waals surface area (Å²) in [6.45, 7) is 4.44. The minimum absolute atomic E-state index is 0.0954. The summed E-state index contributed by atoms with van der Waals surface area (Å²) in [6, 6.07) is 6.67. The molecular weight excluding hydrogens is 306 g/mol. The van der Waals surface area contributed by atoms with Crippen molar-refractivity contribution in [3.8, 4) is 0 Å². The van der Waals surface area contributed by atoms with Gasteiger partial charge in [-0.25, -0.2) is 0 Å². The molecule has 1 aliphatic rings. The van der Waals surface area contributed by atoms with Crippen molar-refractivity contribution in [2.24, 2.45) is 5.73 Å². The van der Waals surface area contributed by atoms with Gasteiger partial charge < -0.3 is 5.73 Å². The molecule has 1 fully saturated rings. The normalized spacial score (nSPS) is 19.2. The molecule has 1 aromatic rings. The second kappa shape index (κ2) is 5.98. The zero-order valence-electron chi connectivity index (χ0n) is 11.2. The van der Waals surface area contributed by atoms with Gasteiger partial charge in [0.05, 0.1) is 0 Å². The summed E-state index contributed by atoms with van der Waals surface area (Å²) in [6.07, 6.45) is 6.10. The number of benzene rings is 1. The van der Waals surface area contributed by atoms with E-state index in [0.29, 0.717) is 5.25 Å². The molecule has 18 heavy (non-hydrogen) atoms. The maximum atomic E-state index is 6.57. The number of thioether (sulfide) groups is 1. The van der Waals surface area contributed by atoms with Crippen LogP contribution in [0.3, 0.4) is 0 Å². The Hall–Kier alpha value is 0.01000. The van der Waals surface area contributed by atoms with Crippen molar-refractivity contribution in [1.29, 1.82) is 0 Å². The smallest absolute Gasteiger partial charge is 0.0410 e. The number of hydrogen-bond donors (Lipinski definition) is 1. The molecule has 0 bridgehead atoms. The SMILES string of the molecule is CC(C)Sc1ccc(C2(N)CCCCC2)cc1Br. The standard InChI is InChI=1S/C15H22BrNS/c1-11(2)18-14-7-6-12(10-13(14)16)15(17)8-4-3-5-9-15/h6-7,10-11H,3-5,8-9,17H2,1-2H3. The van der Waals surface area contributed by atoms with Gasteiger partial charge in [0.25, 0.3) is 0 Å². The molecule has 1 aromatic carbocycles. The fraction of sp³-hybridized carbons (Fsp3) is 0.600. The van der Waals surface area contributed by atoms with Crippen molar-refractivity contribution in [3.05, 3.63) is 28.2 Å². The summed E-state index contributed by atoms with van der Waals surface area (Å²) in [5.74, 6) is 0. The summed E-state index contributed by atoms with van der Waals surface area (Å²) in [5, 5.41) is 0.605. The van der Waals surface area contributed by atoms with Crippen LogP contribution in [0.5, 0.6) is 0 Å². The summed E-state index contributed by atoms with van der Waals surface area (Å²) in [7, 11) is 0. The lowest BCUT2D eigenvalue weighted by molar-refractivity contribution is 0.302. The van der Waals surface area contributed by atoms with E-state index in [9.17, 15) is 0 Å². The van der Waals surface area contributed by atoms with Crippen molar-refractivity contribution in [3.63, 3.8) is 0 Å². The van der Waals surface area contributed by atoms with Crippen LogP contribution in [-0.2, 0) is 5.54 Å². The third-order valence-corrected chi connectivity index (χ3v) is 5.62. The van der Waals surface area contributed by atoms with E-state index in [-0.39, 0.29) is 5.54 Å². The van der Waals surface area contributed by atoms with Gasteiger partial charge in [-0.1, -0.05) is 39.2 Å². The topological polar surface area (TPSA) is 26.0 Å². The Morgan fingerprint density at radius 1 is 1.22 bits per heavy atom. The Kier molecular flexibility index (Phi) is 4.79. The zero-order chi connectivity index (χ0) is 13.2. The highest BCUT2D eigenvalue weighted by atomic mass is 79.9. The molecule has 0 radical (unpaired) electrons. The minimum Gasteiger partial charge on any atom is -0.321 e. The third kappa shape index (κ3) is 3.31. The predicted molar refractivity (Wildman–Crippen MR) is 84.1 cm³/mol. The second-order valence-electron chi connectivity index (χ2n) is 5.53. The Morgan fingerprint density at radius 3 is 2.44 bits per heavy atom. The first-order chi connectivity index (χ1) is 8.51. The highest BCUT2D eigenvalue weighted by molar-refractivity contribution is 9.10. The van der Waals surface area contributed by atoms with Gasteiger partial charge in [0.1, 0.15) is 0 Å². The monoisotopic (exact) mass is 327 g/mol. The first kappa shape index (κ1) is 14.4. The molecular formula is C15H22BrNS. The van der Waals surface area contributed by atoms with Gasteiger partial charge in [-0.3, -0.25) is 0 Å². The molecule has 0 heterocycles. The van der Waals surface area contributed by atoms with Gasteiger partial charge in [-0.05, 0) is 46.5 Å². The summed E-state index contributed by atoms with van der Waals surface area (Å²) in [5.41, 5.74) is 7.77. The van der Waals surface area contributed by atoms with Crippen LogP contribution < -0.4 is 5.73 Å². The van der Waals surface area contributed by atoms with Crippen LogP contribution in [0.1, 0.15) is 51.5 Å². The molecule has 0 amide bonds. The third-order valence-electron chi connectivity index (χ3n) is 3.62. The quantitative estimate of drug-likeness (QED) is 0.784. The van der Waals surface area contributed by atoms with Crippen molar-refractivity contribution >= 4 is 27.7 Å². The van der Waals surface area contributed by atoms with E-state index >= 15 is 0 Å². The average molecular weight is 328 g/mol. The molecule has 0 saturated heterocycles. The second-order valence-corrected chi connectivity index (χ2v) is 8.00. The predicted octanol–water partition coefficient (Wildman–Crippen LogP) is 5.07. The van der Waals surface area contributed by atoms with E-state index in [1.54, 1.807) is 0 Å². The van der Waals surface area contributed by atoms with E-state index in [2.05, 4.69) is 48.0 Å². The van der Waals surface area contributed by atoms with Gasteiger partial charge >= 0.3 is 0 Å². The molecule has 0 spiro atoms. The minimum atomic E-state index is -0.0954. The number of nitrogens with two attached hydrogens (primary N) is 1. The van der Waals surface area contributed by atoms with Crippen LogP contribution in [-0.4, -0.2) is 5.25 Å². The van der Waals surface area contributed by atoms with Gasteiger partial charge in [0, 0.05) is 20.2 Å². The zero-order valence-corrected chi connectivity index (χ0v) is 13.6. The Bertz CT molecular complexity index is 411. The molecule has 100 valence electrons. The Balaban J connectivity index is 2.22. The van der Waals surface area contributed by atoms with Gasteiger partial charge in [-0.15, -0.1) is 11.8 Å². The molecule has 1 nitrogen and oxygen atoms in total. The van der Waals surface area contributed by atoms with Crippen LogP contribution in [0, 0.1) is 0 Å². The molecule has 3 heteroatoms. The van der Waals surface area contributed by atoms with Crippen molar-refractivity contribution in [1.82, 2.24) is 0 Å². The average Bonchev–Trinajstić information content (AvgIpc) is 2.32. The van der Waals surface area contributed by atoms with Crippen LogP contribution >= 0.6 is 27.7 Å². The summed E-state index contributed by atoms with van der Waals surface area (Å²) >= 11 is 5.58. The van der Waals surface area contributed by atoms with Gasteiger partial charge in [-0.2, -0.15) is 0 Å². The summed E-state index contributed by atoms with van der Waals surface area (Å²) in [4.78, 5) is 1.31. The van der Waals surface area contributed by atoms with Crippen LogP contribution in [0.15, 0.2) is 27.6 Å². The fourth-order valence-corrected chi connectivity index (χ4v) is 4.12. The molecule has 2 N–H and O–H groups in total. The van der Waals surface area contributed by atoms with Crippen LogP contribution in [0.4, 0.5) is 0 Å². The molecule has 0 atom stereocenters. The number of halogens is 1. The van der Waals surface area contributed by atoms with Crippen molar-refractivity contribution < 1.29 is 0 Å². The highest BCUT2D eigenvalue weighted by Gasteiger charge is 2.29. The van der Waals surface area contributed by atoms with E-state index in [1.807, 2.05) is 11.8 Å². The van der Waals surface area contributed by atoms with Gasteiger partial charge in [0.2, 0.25) is 0 Å². The van der Waals surface area contributed by atoms with E-state index < -0.39 is 0 Å². The van der Waals surface area contributed by atoms with Crippen molar-refractivity contribution in [2.75, 3.05) is 0 Å². The highest BCUT2D eigenvalue weighted by Crippen LogP contribution is 2.38. The van der Waals surface area contributed by atoms with E-state index in [4.69, 9.17) is 5.73 Å². The van der Waals surface area contributed by atoms with E-state index in [1.165, 1.54) is 34.2 Å². The maximum absolute atomic E-state index is 6.57. The maximum Gasteiger partial charge on any atom is 0.0410 e. The number of hydrogen-bond acceptors (Lipinski definition) is 2. The first-order valence-electron chi connectivity index (χ1n) is 6.77. The molecule has 1 aliphatic carbocycles. The van der Waals surface area contributed by atoms with E-state index in [0.717, 1.165) is 12.8 Å². The van der Waals surface area contributed by atoms with Crippen molar-refractivity contribution in [2.45, 2.75) is 61.6 Å². The first-order valence-corrected chi connectivity index (χ1v) is 8.44. The molecule has 0 unspecified atom stereocenters. The molecule has 2 rings (SSSR count). The fourth-order valence-electron chi connectivity index (χ4n) is 2.63. The van der Waals surface area contributed by atoms with Crippen LogP contribution in [0.25, 0.3) is 0 Å². The lowest BCUT2D eigenvalue weighted by Crippen LogP contribution is -2.38. The lowest BCUT2D eigenvalue weighted by Gasteiger charge is -2.34. The largest absolute Gasteiger partial charge is 0.321 e. The Morgan fingerprint density at radius 2 is 1.89 bits per heavy atom.